The molecule has 0 amide bonds. The maximum absolute atomic E-state index is 14.5. The smallest absolute Gasteiger partial charge is 0.127 e. The Kier molecular flexibility index (Phi) is 2.27. The molecule has 21 heavy (non-hydrogen) atoms. The number of aromatic nitrogens is 1. The highest BCUT2D eigenvalue weighted by Gasteiger charge is 2.36. The van der Waals surface area contributed by atoms with E-state index in [1.165, 1.54) is 10.8 Å². The SMILES string of the molecule is [CH2-][n+]1ccc2cccc3c2c1-c1cccc(F)c1C3(C)C. The Hall–Kier alpha value is -2.35. The minimum Gasteiger partial charge on any atom is -0.332 e. The van der Waals surface area contributed by atoms with Crippen LogP contribution in [0.2, 0.25) is 0 Å². The first-order valence-corrected chi connectivity index (χ1v) is 7.10. The molecule has 4 rings (SSSR count). The molecule has 0 bridgehead atoms. The van der Waals surface area contributed by atoms with Gasteiger partial charge in [0, 0.05) is 17.8 Å². The van der Waals surface area contributed by atoms with Gasteiger partial charge in [-0.15, -0.1) is 0 Å². The molecule has 1 heterocycles. The average Bonchev–Trinajstić information content (AvgIpc) is 2.45. The summed E-state index contributed by atoms with van der Waals surface area (Å²) in [6, 6.07) is 13.6. The molecular formula is C19H16FN. The molecule has 0 saturated heterocycles. The van der Waals surface area contributed by atoms with Crippen LogP contribution < -0.4 is 4.57 Å². The van der Waals surface area contributed by atoms with Crippen molar-refractivity contribution in [3.05, 3.63) is 72.7 Å². The summed E-state index contributed by atoms with van der Waals surface area (Å²) in [5, 5.41) is 2.35. The van der Waals surface area contributed by atoms with E-state index in [2.05, 4.69) is 39.1 Å². The molecule has 0 spiro atoms. The molecule has 0 N–H and O–H groups in total. The monoisotopic (exact) mass is 277 g/mol. The molecule has 2 heteroatoms. The zero-order valence-electron chi connectivity index (χ0n) is 12.2. The maximum atomic E-state index is 14.5. The van der Waals surface area contributed by atoms with E-state index in [0.29, 0.717) is 0 Å². The molecule has 0 unspecified atom stereocenters. The Morgan fingerprint density at radius 1 is 1.05 bits per heavy atom. The number of pyridine rings is 1. The first-order chi connectivity index (χ1) is 10.0. The number of rotatable bonds is 0. The van der Waals surface area contributed by atoms with Crippen molar-refractivity contribution in [1.82, 2.24) is 0 Å². The Balaban J connectivity index is 2.32. The molecule has 1 aliphatic carbocycles. The van der Waals surface area contributed by atoms with Gasteiger partial charge in [-0.25, -0.2) is 4.39 Å². The summed E-state index contributed by atoms with van der Waals surface area (Å²) in [6.07, 6.45) is 1.94. The van der Waals surface area contributed by atoms with Gasteiger partial charge in [0.25, 0.3) is 0 Å². The minimum atomic E-state index is -0.360. The largest absolute Gasteiger partial charge is 0.332 e. The van der Waals surface area contributed by atoms with E-state index >= 15 is 0 Å². The van der Waals surface area contributed by atoms with E-state index < -0.39 is 0 Å². The van der Waals surface area contributed by atoms with Gasteiger partial charge in [-0.2, -0.15) is 0 Å². The molecule has 2 aromatic carbocycles. The van der Waals surface area contributed by atoms with Crippen LogP contribution in [0.4, 0.5) is 4.39 Å². The average molecular weight is 277 g/mol. The predicted octanol–water partition coefficient (Wildman–Crippen LogP) is 4.21. The lowest BCUT2D eigenvalue weighted by atomic mass is 9.69. The molecule has 104 valence electrons. The van der Waals surface area contributed by atoms with Crippen LogP contribution >= 0.6 is 0 Å². The molecule has 0 fully saturated rings. The van der Waals surface area contributed by atoms with Crippen LogP contribution in [-0.2, 0) is 5.41 Å². The number of fused-ring (bicyclic) bond motifs is 2. The zero-order valence-corrected chi connectivity index (χ0v) is 12.2. The maximum Gasteiger partial charge on any atom is 0.127 e. The summed E-state index contributed by atoms with van der Waals surface area (Å²) >= 11 is 0. The van der Waals surface area contributed by atoms with Gasteiger partial charge in [-0.05, 0) is 34.2 Å². The summed E-state index contributed by atoms with van der Waals surface area (Å²) in [5.41, 5.74) is 3.50. The molecule has 0 saturated carbocycles. The fourth-order valence-corrected chi connectivity index (χ4v) is 3.66. The Morgan fingerprint density at radius 2 is 1.81 bits per heavy atom. The Morgan fingerprint density at radius 3 is 2.62 bits per heavy atom. The summed E-state index contributed by atoms with van der Waals surface area (Å²) in [7, 11) is 4.09. The van der Waals surface area contributed by atoms with Crippen LogP contribution in [0.1, 0.15) is 25.0 Å². The minimum absolute atomic E-state index is 0.149. The fraction of sp³-hybridized carbons (Fsp3) is 0.158. The van der Waals surface area contributed by atoms with E-state index in [1.54, 1.807) is 12.1 Å². The number of halogens is 1. The quantitative estimate of drug-likeness (QED) is 0.428. The van der Waals surface area contributed by atoms with Crippen molar-refractivity contribution in [3.8, 4) is 11.3 Å². The van der Waals surface area contributed by atoms with Crippen LogP contribution in [0.15, 0.2) is 48.7 Å². The van der Waals surface area contributed by atoms with Crippen LogP contribution in [0.25, 0.3) is 22.0 Å². The Labute approximate surface area is 123 Å². The van der Waals surface area contributed by atoms with Gasteiger partial charge < -0.3 is 4.57 Å². The second kappa shape index (κ2) is 3.85. The third-order valence-electron chi connectivity index (χ3n) is 4.62. The predicted molar refractivity (Wildman–Crippen MR) is 82.4 cm³/mol. The van der Waals surface area contributed by atoms with Crippen molar-refractivity contribution in [2.75, 3.05) is 0 Å². The van der Waals surface area contributed by atoms with Crippen molar-refractivity contribution in [2.45, 2.75) is 19.3 Å². The van der Waals surface area contributed by atoms with E-state index in [0.717, 1.165) is 22.4 Å². The molecule has 1 nitrogen and oxygen atoms in total. The molecule has 1 aliphatic rings. The molecular weight excluding hydrogens is 261 g/mol. The third kappa shape index (κ3) is 1.45. The topological polar surface area (TPSA) is 3.88 Å². The summed E-state index contributed by atoms with van der Waals surface area (Å²) < 4.78 is 16.4. The fourth-order valence-electron chi connectivity index (χ4n) is 3.66. The normalized spacial score (nSPS) is 15.0. The van der Waals surface area contributed by atoms with E-state index in [-0.39, 0.29) is 11.2 Å². The number of nitrogens with zero attached hydrogens (tertiary/aromatic N) is 1. The highest BCUT2D eigenvalue weighted by atomic mass is 19.1. The lowest BCUT2D eigenvalue weighted by molar-refractivity contribution is -0.599. The number of hydrogen-bond donors (Lipinski definition) is 0. The van der Waals surface area contributed by atoms with Crippen molar-refractivity contribution in [3.63, 3.8) is 0 Å². The van der Waals surface area contributed by atoms with Crippen molar-refractivity contribution in [2.24, 2.45) is 0 Å². The van der Waals surface area contributed by atoms with Crippen molar-refractivity contribution >= 4 is 10.8 Å². The second-order valence-electron chi connectivity index (χ2n) is 6.19. The highest BCUT2D eigenvalue weighted by Crippen LogP contribution is 2.47. The van der Waals surface area contributed by atoms with Gasteiger partial charge in [0.05, 0.1) is 6.20 Å². The van der Waals surface area contributed by atoms with Gasteiger partial charge in [0.2, 0.25) is 0 Å². The van der Waals surface area contributed by atoms with Gasteiger partial charge >= 0.3 is 0 Å². The molecule has 3 aromatic rings. The van der Waals surface area contributed by atoms with Crippen LogP contribution in [-0.4, -0.2) is 0 Å². The first-order valence-electron chi connectivity index (χ1n) is 7.10. The number of benzene rings is 2. The first kappa shape index (κ1) is 12.4. The third-order valence-corrected chi connectivity index (χ3v) is 4.62. The standard InChI is InChI=1S/C19H16FN/c1-19(2)14-8-4-6-12-10-11-21(3)18(16(12)14)13-7-5-9-15(20)17(13)19/h4-11H,3H2,1-2H3. The Bertz CT molecular complexity index is 893. The molecule has 1 aromatic heterocycles. The molecule has 0 radical (unpaired) electrons. The lowest BCUT2D eigenvalue weighted by Gasteiger charge is -2.35. The van der Waals surface area contributed by atoms with E-state index in [9.17, 15) is 4.39 Å². The van der Waals surface area contributed by atoms with Crippen LogP contribution in [0.5, 0.6) is 0 Å². The van der Waals surface area contributed by atoms with Gasteiger partial charge in [-0.1, -0.05) is 44.2 Å². The molecule has 0 aliphatic heterocycles. The van der Waals surface area contributed by atoms with E-state index in [1.807, 2.05) is 22.9 Å². The van der Waals surface area contributed by atoms with Crippen LogP contribution in [0, 0.1) is 12.9 Å². The van der Waals surface area contributed by atoms with Crippen molar-refractivity contribution in [1.29, 1.82) is 0 Å². The summed E-state index contributed by atoms with van der Waals surface area (Å²) in [6.45, 7) is 4.18. The van der Waals surface area contributed by atoms with E-state index in [4.69, 9.17) is 0 Å². The molecule has 0 atom stereocenters. The zero-order chi connectivity index (χ0) is 14.8. The summed E-state index contributed by atoms with van der Waals surface area (Å²) in [4.78, 5) is 0. The van der Waals surface area contributed by atoms with Crippen molar-refractivity contribution < 1.29 is 8.96 Å². The van der Waals surface area contributed by atoms with Crippen LogP contribution in [0.3, 0.4) is 0 Å². The lowest BCUT2D eigenvalue weighted by Crippen LogP contribution is -2.34. The number of hydrogen-bond acceptors (Lipinski definition) is 0. The summed E-state index contributed by atoms with van der Waals surface area (Å²) in [5.74, 6) is -0.149. The van der Waals surface area contributed by atoms with Gasteiger partial charge in [0.15, 0.2) is 0 Å². The van der Waals surface area contributed by atoms with Gasteiger partial charge in [-0.3, -0.25) is 0 Å². The highest BCUT2D eigenvalue weighted by molar-refractivity contribution is 5.99. The second-order valence-corrected chi connectivity index (χ2v) is 6.19. The van der Waals surface area contributed by atoms with Gasteiger partial charge in [0.1, 0.15) is 11.5 Å².